The van der Waals surface area contributed by atoms with Gasteiger partial charge in [-0.05, 0) is 19.4 Å². The molecule has 0 radical (unpaired) electrons. The molecule has 3 rings (SSSR count). The van der Waals surface area contributed by atoms with Crippen molar-refractivity contribution in [1.29, 1.82) is 0 Å². The minimum Gasteiger partial charge on any atom is -0.352 e. The second-order valence-electron chi connectivity index (χ2n) is 5.32. The van der Waals surface area contributed by atoms with Gasteiger partial charge in [-0.25, -0.2) is 0 Å². The molecule has 0 bridgehead atoms. The first-order valence-electron chi connectivity index (χ1n) is 7.46. The molecule has 2 aromatic heterocycles. The third-order valence-corrected chi connectivity index (χ3v) is 4.76. The van der Waals surface area contributed by atoms with Crippen molar-refractivity contribution >= 4 is 30.1 Å². The van der Waals surface area contributed by atoms with Crippen molar-refractivity contribution in [2.24, 2.45) is 7.05 Å². The van der Waals surface area contributed by atoms with Gasteiger partial charge in [0.15, 0.2) is 5.16 Å². The van der Waals surface area contributed by atoms with Crippen LogP contribution in [-0.4, -0.2) is 50.9 Å². The SMILES string of the molecule is CNC(=O)c1noc(CSc2nnc(C3CCCNC3)n2C)n1.Cl. The van der Waals surface area contributed by atoms with E-state index in [2.05, 4.69) is 31.0 Å². The van der Waals surface area contributed by atoms with Crippen molar-refractivity contribution in [2.45, 2.75) is 29.7 Å². The maximum Gasteiger partial charge on any atom is 0.292 e. The summed E-state index contributed by atoms with van der Waals surface area (Å²) in [7, 11) is 3.49. The smallest absolute Gasteiger partial charge is 0.292 e. The summed E-state index contributed by atoms with van der Waals surface area (Å²) in [5.74, 6) is 1.90. The summed E-state index contributed by atoms with van der Waals surface area (Å²) in [5.41, 5.74) is 0. The summed E-state index contributed by atoms with van der Waals surface area (Å²) in [6, 6.07) is 0. The number of hydrogen-bond donors (Lipinski definition) is 2. The molecule has 24 heavy (non-hydrogen) atoms. The fourth-order valence-corrected chi connectivity index (χ4v) is 3.28. The number of carbonyl (C=O) groups is 1. The summed E-state index contributed by atoms with van der Waals surface area (Å²) in [4.78, 5) is 15.4. The molecule has 0 aliphatic carbocycles. The second-order valence-corrected chi connectivity index (χ2v) is 6.27. The predicted molar refractivity (Wildman–Crippen MR) is 90.3 cm³/mol. The molecule has 9 nitrogen and oxygen atoms in total. The normalized spacial score (nSPS) is 17.3. The zero-order valence-electron chi connectivity index (χ0n) is 13.5. The van der Waals surface area contributed by atoms with Crippen LogP contribution >= 0.6 is 24.2 Å². The van der Waals surface area contributed by atoms with Crippen molar-refractivity contribution in [1.82, 2.24) is 35.5 Å². The van der Waals surface area contributed by atoms with Crippen molar-refractivity contribution in [3.63, 3.8) is 0 Å². The molecule has 1 unspecified atom stereocenters. The average Bonchev–Trinajstić information content (AvgIpc) is 3.20. The first-order chi connectivity index (χ1) is 11.2. The third-order valence-electron chi connectivity index (χ3n) is 3.75. The van der Waals surface area contributed by atoms with E-state index in [4.69, 9.17) is 4.52 Å². The van der Waals surface area contributed by atoms with Crippen LogP contribution in [0, 0.1) is 0 Å². The lowest BCUT2D eigenvalue weighted by Crippen LogP contribution is -2.29. The second kappa shape index (κ2) is 8.45. The minimum atomic E-state index is -0.365. The summed E-state index contributed by atoms with van der Waals surface area (Å²) in [6.07, 6.45) is 2.28. The van der Waals surface area contributed by atoms with Crippen LogP contribution in [0.5, 0.6) is 0 Å². The van der Waals surface area contributed by atoms with Crippen LogP contribution in [-0.2, 0) is 12.8 Å². The Morgan fingerprint density at radius 1 is 1.50 bits per heavy atom. The Morgan fingerprint density at radius 3 is 3.04 bits per heavy atom. The van der Waals surface area contributed by atoms with E-state index in [-0.39, 0.29) is 24.1 Å². The van der Waals surface area contributed by atoms with Gasteiger partial charge in [-0.15, -0.1) is 22.6 Å². The highest BCUT2D eigenvalue weighted by Gasteiger charge is 2.22. The molecule has 2 N–H and O–H groups in total. The monoisotopic (exact) mass is 373 g/mol. The largest absolute Gasteiger partial charge is 0.352 e. The zero-order chi connectivity index (χ0) is 16.2. The van der Waals surface area contributed by atoms with Gasteiger partial charge in [0.05, 0.1) is 5.75 Å². The van der Waals surface area contributed by atoms with Crippen LogP contribution in [0.3, 0.4) is 0 Å². The highest BCUT2D eigenvalue weighted by molar-refractivity contribution is 7.98. The van der Waals surface area contributed by atoms with Crippen LogP contribution in [0.2, 0.25) is 0 Å². The zero-order valence-corrected chi connectivity index (χ0v) is 15.1. The van der Waals surface area contributed by atoms with Gasteiger partial charge in [0.25, 0.3) is 11.7 Å². The van der Waals surface area contributed by atoms with Crippen molar-refractivity contribution in [2.75, 3.05) is 20.1 Å². The maximum absolute atomic E-state index is 11.4. The van der Waals surface area contributed by atoms with Crippen molar-refractivity contribution in [3.8, 4) is 0 Å². The van der Waals surface area contributed by atoms with Crippen LogP contribution < -0.4 is 10.6 Å². The molecule has 1 aliphatic heterocycles. The minimum absolute atomic E-state index is 0. The Kier molecular flexibility index (Phi) is 6.58. The number of nitrogens with zero attached hydrogens (tertiary/aromatic N) is 5. The molecule has 3 heterocycles. The van der Waals surface area contributed by atoms with E-state index in [1.165, 1.54) is 18.8 Å². The van der Waals surface area contributed by atoms with E-state index in [0.29, 0.717) is 17.6 Å². The highest BCUT2D eigenvalue weighted by atomic mass is 35.5. The lowest BCUT2D eigenvalue weighted by atomic mass is 9.99. The first kappa shape index (κ1) is 18.7. The van der Waals surface area contributed by atoms with Gasteiger partial charge >= 0.3 is 0 Å². The molecule has 0 aromatic carbocycles. The van der Waals surface area contributed by atoms with Gasteiger partial charge in [0, 0.05) is 26.6 Å². The third kappa shape index (κ3) is 4.05. The van der Waals surface area contributed by atoms with Gasteiger partial charge in [-0.2, -0.15) is 4.98 Å². The quantitative estimate of drug-likeness (QED) is 0.738. The number of piperidine rings is 1. The van der Waals surface area contributed by atoms with Gasteiger partial charge < -0.3 is 19.7 Å². The van der Waals surface area contributed by atoms with Gasteiger partial charge in [-0.3, -0.25) is 4.79 Å². The molecular weight excluding hydrogens is 354 g/mol. The molecular formula is C13H20ClN7O2S. The lowest BCUT2D eigenvalue weighted by Gasteiger charge is -2.21. The molecule has 11 heteroatoms. The highest BCUT2D eigenvalue weighted by Crippen LogP contribution is 2.26. The van der Waals surface area contributed by atoms with Crippen LogP contribution in [0.1, 0.15) is 41.1 Å². The number of amides is 1. The Balaban J connectivity index is 0.00000208. The number of hydrogen-bond acceptors (Lipinski definition) is 8. The molecule has 1 fully saturated rings. The van der Waals surface area contributed by atoms with Gasteiger partial charge in [0.2, 0.25) is 5.89 Å². The van der Waals surface area contributed by atoms with Crippen LogP contribution in [0.15, 0.2) is 9.68 Å². The van der Waals surface area contributed by atoms with Crippen molar-refractivity contribution < 1.29 is 9.32 Å². The Hall–Kier alpha value is -1.65. The van der Waals surface area contributed by atoms with E-state index in [1.54, 1.807) is 0 Å². The average molecular weight is 374 g/mol. The van der Waals surface area contributed by atoms with Crippen LogP contribution in [0.25, 0.3) is 0 Å². The topological polar surface area (TPSA) is 111 Å². The standard InChI is InChI=1S/C13H19N7O2S.ClH/c1-14-12(21)10-16-9(22-19-10)7-23-13-18-17-11(20(13)2)8-4-3-5-15-6-8;/h8,15H,3-7H2,1-2H3,(H,14,21);1H. The van der Waals surface area contributed by atoms with Gasteiger partial charge in [0.1, 0.15) is 5.82 Å². The molecule has 2 aromatic rings. The number of rotatable bonds is 5. The lowest BCUT2D eigenvalue weighted by molar-refractivity contribution is 0.0950. The maximum atomic E-state index is 11.4. The fraction of sp³-hybridized carbons (Fsp3) is 0.615. The summed E-state index contributed by atoms with van der Waals surface area (Å²) in [5, 5.41) is 18.8. The summed E-state index contributed by atoms with van der Waals surface area (Å²) < 4.78 is 7.07. The predicted octanol–water partition coefficient (Wildman–Crippen LogP) is 0.739. The molecule has 1 saturated heterocycles. The Bertz CT molecular complexity index is 684. The number of thioether (sulfide) groups is 1. The van der Waals surface area contributed by atoms with E-state index >= 15 is 0 Å². The molecule has 0 saturated carbocycles. The summed E-state index contributed by atoms with van der Waals surface area (Å²) >= 11 is 1.46. The Morgan fingerprint density at radius 2 is 2.33 bits per heavy atom. The number of nitrogens with one attached hydrogen (secondary N) is 2. The first-order valence-corrected chi connectivity index (χ1v) is 8.45. The van der Waals surface area contributed by atoms with Crippen molar-refractivity contribution in [3.05, 3.63) is 17.5 Å². The molecule has 1 amide bonds. The Labute approximate surface area is 149 Å². The van der Waals surface area contributed by atoms with E-state index in [9.17, 15) is 4.79 Å². The van der Waals surface area contributed by atoms with E-state index in [1.807, 2.05) is 11.6 Å². The molecule has 132 valence electrons. The molecule has 1 aliphatic rings. The fourth-order valence-electron chi connectivity index (χ4n) is 2.52. The molecule has 1 atom stereocenters. The van der Waals surface area contributed by atoms with E-state index < -0.39 is 0 Å². The van der Waals surface area contributed by atoms with Gasteiger partial charge in [-0.1, -0.05) is 16.9 Å². The number of aromatic nitrogens is 5. The number of halogens is 1. The molecule has 0 spiro atoms. The summed E-state index contributed by atoms with van der Waals surface area (Å²) in [6.45, 7) is 2.01. The number of carbonyl (C=O) groups excluding carboxylic acids is 1. The van der Waals surface area contributed by atoms with Crippen LogP contribution in [0.4, 0.5) is 0 Å². The van der Waals surface area contributed by atoms with E-state index in [0.717, 1.165) is 36.9 Å².